The summed E-state index contributed by atoms with van der Waals surface area (Å²) in [6.45, 7) is 3.68. The van der Waals surface area contributed by atoms with Gasteiger partial charge in [-0.25, -0.2) is 4.98 Å². The van der Waals surface area contributed by atoms with Crippen molar-refractivity contribution in [1.82, 2.24) is 25.1 Å². The second-order valence-electron chi connectivity index (χ2n) is 7.52. The summed E-state index contributed by atoms with van der Waals surface area (Å²) < 4.78 is 12.8. The lowest BCUT2D eigenvalue weighted by Crippen LogP contribution is -2.30. The minimum atomic E-state index is -0.352. The number of aromatic nitrogens is 4. The van der Waals surface area contributed by atoms with Crippen LogP contribution in [0.4, 0.5) is 11.6 Å². The maximum Gasteiger partial charge on any atom is 0.290 e. The Morgan fingerprint density at radius 1 is 1.38 bits per heavy atom. The van der Waals surface area contributed by atoms with Crippen molar-refractivity contribution in [3.8, 4) is 11.6 Å². The molecule has 0 spiro atoms. The standard InChI is InChI=1S/C21H27N7O3.CH2O2/c1-5-31-20-16(10-23-21(25-20)28-7-6-14(12-28)22-2)19(29)24-15-8-13-11-27(3)26-18(13)17(9-15)30-4;2-1-3/h8-11,14,22H,5-7,12H2,1-4H3,(H,24,29);1H,(H,2,3). The normalized spacial score (nSPS) is 14.9. The van der Waals surface area contributed by atoms with Crippen molar-refractivity contribution < 1.29 is 24.2 Å². The lowest BCUT2D eigenvalue weighted by Gasteiger charge is -2.18. The zero-order valence-corrected chi connectivity index (χ0v) is 19.6. The molecule has 34 heavy (non-hydrogen) atoms. The fourth-order valence-electron chi connectivity index (χ4n) is 3.74. The number of amides is 1. The third-order valence-electron chi connectivity index (χ3n) is 5.31. The number of benzene rings is 1. The molecule has 1 aliphatic rings. The summed E-state index contributed by atoms with van der Waals surface area (Å²) in [6.07, 6.45) is 4.41. The molecule has 3 aromatic rings. The Morgan fingerprint density at radius 2 is 2.15 bits per heavy atom. The molecule has 12 nitrogen and oxygen atoms in total. The summed E-state index contributed by atoms with van der Waals surface area (Å²) in [5.74, 6) is 1.07. The van der Waals surface area contributed by atoms with Gasteiger partial charge in [-0.2, -0.15) is 10.1 Å². The van der Waals surface area contributed by atoms with Crippen molar-refractivity contribution in [1.29, 1.82) is 0 Å². The lowest BCUT2D eigenvalue weighted by molar-refractivity contribution is -0.122. The predicted octanol–water partition coefficient (Wildman–Crippen LogP) is 1.52. The van der Waals surface area contributed by atoms with Crippen molar-refractivity contribution in [3.63, 3.8) is 0 Å². The minimum absolute atomic E-state index is 0.250. The molecule has 1 atom stereocenters. The van der Waals surface area contributed by atoms with Gasteiger partial charge in [-0.15, -0.1) is 0 Å². The monoisotopic (exact) mass is 471 g/mol. The van der Waals surface area contributed by atoms with Gasteiger partial charge in [0, 0.05) is 55.7 Å². The summed E-state index contributed by atoms with van der Waals surface area (Å²) in [5.41, 5.74) is 1.60. The number of likely N-dealkylation sites (N-methyl/N-ethyl adjacent to an activating group) is 1. The number of anilines is 2. The van der Waals surface area contributed by atoms with E-state index in [4.69, 9.17) is 19.4 Å². The highest BCUT2D eigenvalue weighted by Crippen LogP contribution is 2.29. The third-order valence-corrected chi connectivity index (χ3v) is 5.31. The van der Waals surface area contributed by atoms with E-state index in [0.717, 1.165) is 30.4 Å². The van der Waals surface area contributed by atoms with E-state index in [1.165, 1.54) is 6.20 Å². The Labute approximate surface area is 196 Å². The highest BCUT2D eigenvalue weighted by molar-refractivity contribution is 6.06. The number of nitrogens with one attached hydrogen (secondary N) is 2. The van der Waals surface area contributed by atoms with Crippen molar-refractivity contribution in [2.24, 2.45) is 7.05 Å². The highest BCUT2D eigenvalue weighted by Gasteiger charge is 2.25. The van der Waals surface area contributed by atoms with Gasteiger partial charge in [-0.1, -0.05) is 0 Å². The van der Waals surface area contributed by atoms with Crippen LogP contribution in [0.15, 0.2) is 24.5 Å². The van der Waals surface area contributed by atoms with Gasteiger partial charge < -0.3 is 30.1 Å². The zero-order chi connectivity index (χ0) is 24.7. The summed E-state index contributed by atoms with van der Waals surface area (Å²) in [6, 6.07) is 3.99. The SMILES string of the molecule is CCOc1nc(N2CCC(NC)C2)ncc1C(=O)Nc1cc(OC)c2nn(C)cc2c1.O=CO. The third kappa shape index (κ3) is 5.52. The quantitative estimate of drug-likeness (QED) is 0.434. The van der Waals surface area contributed by atoms with Gasteiger partial charge in [-0.05, 0) is 26.5 Å². The fourth-order valence-corrected chi connectivity index (χ4v) is 3.74. The van der Waals surface area contributed by atoms with Crippen LogP contribution in [-0.4, -0.2) is 77.1 Å². The van der Waals surface area contributed by atoms with E-state index in [9.17, 15) is 4.79 Å². The number of methoxy groups -OCH3 is 1. The van der Waals surface area contributed by atoms with E-state index < -0.39 is 0 Å². The largest absolute Gasteiger partial charge is 0.494 e. The van der Waals surface area contributed by atoms with E-state index in [0.29, 0.717) is 30.0 Å². The summed E-state index contributed by atoms with van der Waals surface area (Å²) in [7, 11) is 5.36. The number of hydrogen-bond donors (Lipinski definition) is 3. The van der Waals surface area contributed by atoms with Crippen LogP contribution in [0.5, 0.6) is 11.6 Å². The molecule has 3 N–H and O–H groups in total. The van der Waals surface area contributed by atoms with E-state index in [-0.39, 0.29) is 23.8 Å². The van der Waals surface area contributed by atoms with Gasteiger partial charge in [0.2, 0.25) is 11.8 Å². The first-order chi connectivity index (χ1) is 16.4. The highest BCUT2D eigenvalue weighted by atomic mass is 16.5. The van der Waals surface area contributed by atoms with Gasteiger partial charge in [0.15, 0.2) is 0 Å². The molecule has 1 saturated heterocycles. The minimum Gasteiger partial charge on any atom is -0.494 e. The molecular weight excluding hydrogens is 442 g/mol. The van der Waals surface area contributed by atoms with Gasteiger partial charge in [0.25, 0.3) is 12.4 Å². The van der Waals surface area contributed by atoms with Crippen LogP contribution in [0, 0.1) is 0 Å². The van der Waals surface area contributed by atoms with Crippen LogP contribution < -0.4 is 25.0 Å². The predicted molar refractivity (Wildman–Crippen MR) is 127 cm³/mol. The lowest BCUT2D eigenvalue weighted by atomic mass is 10.2. The molecule has 2 aromatic heterocycles. The van der Waals surface area contributed by atoms with Crippen LogP contribution in [0.2, 0.25) is 0 Å². The maximum atomic E-state index is 13.0. The van der Waals surface area contributed by atoms with Crippen molar-refractivity contribution >= 4 is 34.9 Å². The molecule has 1 amide bonds. The molecule has 3 heterocycles. The molecule has 1 unspecified atom stereocenters. The number of carbonyl (C=O) groups is 2. The van der Waals surface area contributed by atoms with Gasteiger partial charge in [0.1, 0.15) is 16.8 Å². The Balaban J connectivity index is 0.00000103. The first kappa shape index (κ1) is 24.7. The maximum absolute atomic E-state index is 13.0. The van der Waals surface area contributed by atoms with Crippen LogP contribution in [0.1, 0.15) is 23.7 Å². The Bertz CT molecular complexity index is 1150. The van der Waals surface area contributed by atoms with Crippen molar-refractivity contribution in [2.75, 3.05) is 44.1 Å². The number of aryl methyl sites for hydroxylation is 1. The Hall–Kier alpha value is -3.93. The van der Waals surface area contributed by atoms with Gasteiger partial charge in [0.05, 0.1) is 13.7 Å². The topological polar surface area (TPSA) is 144 Å². The molecule has 0 radical (unpaired) electrons. The Morgan fingerprint density at radius 3 is 2.79 bits per heavy atom. The molecule has 1 aromatic carbocycles. The number of ether oxygens (including phenoxy) is 2. The number of rotatable bonds is 7. The van der Waals surface area contributed by atoms with E-state index >= 15 is 0 Å². The second-order valence-corrected chi connectivity index (χ2v) is 7.52. The molecular formula is C22H29N7O5. The molecule has 4 rings (SSSR count). The van der Waals surface area contributed by atoms with E-state index in [2.05, 4.69) is 30.6 Å². The van der Waals surface area contributed by atoms with Crippen LogP contribution >= 0.6 is 0 Å². The Kier molecular flexibility index (Phi) is 8.19. The molecule has 0 saturated carbocycles. The molecule has 12 heteroatoms. The number of carboxylic acid groups (broad SMARTS) is 1. The van der Waals surface area contributed by atoms with E-state index in [1.54, 1.807) is 17.9 Å². The number of fused-ring (bicyclic) bond motifs is 1. The molecule has 1 fully saturated rings. The molecule has 0 bridgehead atoms. The molecule has 182 valence electrons. The second kappa shape index (κ2) is 11.3. The number of nitrogens with zero attached hydrogens (tertiary/aromatic N) is 5. The average Bonchev–Trinajstić information content (AvgIpc) is 3.45. The zero-order valence-electron chi connectivity index (χ0n) is 19.6. The summed E-state index contributed by atoms with van der Waals surface area (Å²) >= 11 is 0. The first-order valence-corrected chi connectivity index (χ1v) is 10.8. The van der Waals surface area contributed by atoms with Crippen molar-refractivity contribution in [3.05, 3.63) is 30.1 Å². The smallest absolute Gasteiger partial charge is 0.290 e. The fraction of sp³-hybridized carbons (Fsp3) is 0.409. The number of hydrogen-bond acceptors (Lipinski definition) is 9. The van der Waals surface area contributed by atoms with Crippen LogP contribution in [0.25, 0.3) is 10.9 Å². The molecule has 1 aliphatic heterocycles. The van der Waals surface area contributed by atoms with Crippen molar-refractivity contribution in [2.45, 2.75) is 19.4 Å². The number of carbonyl (C=O) groups excluding carboxylic acids is 1. The van der Waals surface area contributed by atoms with Crippen LogP contribution in [0.3, 0.4) is 0 Å². The van der Waals surface area contributed by atoms with Gasteiger partial charge in [-0.3, -0.25) is 14.3 Å². The summed E-state index contributed by atoms with van der Waals surface area (Å²) in [5, 5.41) is 18.3. The van der Waals surface area contributed by atoms with E-state index in [1.807, 2.05) is 33.3 Å². The molecule has 0 aliphatic carbocycles. The van der Waals surface area contributed by atoms with Gasteiger partial charge >= 0.3 is 0 Å². The summed E-state index contributed by atoms with van der Waals surface area (Å²) in [4.78, 5) is 32.4. The average molecular weight is 472 g/mol. The first-order valence-electron chi connectivity index (χ1n) is 10.8. The van der Waals surface area contributed by atoms with Crippen LogP contribution in [-0.2, 0) is 11.8 Å².